The van der Waals surface area contributed by atoms with Crippen molar-refractivity contribution in [3.05, 3.63) is 34.3 Å². The lowest BCUT2D eigenvalue weighted by Gasteiger charge is -2.11. The van der Waals surface area contributed by atoms with Gasteiger partial charge in [0, 0.05) is 0 Å². The van der Waals surface area contributed by atoms with Gasteiger partial charge >= 0.3 is 0 Å². The second-order valence-corrected chi connectivity index (χ2v) is 7.25. The van der Waals surface area contributed by atoms with Gasteiger partial charge < -0.3 is 9.47 Å². The van der Waals surface area contributed by atoms with Crippen LogP contribution in [0, 0.1) is 18.3 Å². The number of ether oxygens (including phenoxy) is 2. The molecule has 0 aliphatic carbocycles. The molecule has 8 heteroatoms. The van der Waals surface area contributed by atoms with Crippen LogP contribution in [-0.4, -0.2) is 29.8 Å². The molecule has 2 aromatic rings. The molecule has 0 fully saturated rings. The minimum absolute atomic E-state index is 0.0388. The van der Waals surface area contributed by atoms with Gasteiger partial charge in [-0.1, -0.05) is 43.6 Å². The van der Waals surface area contributed by atoms with Crippen molar-refractivity contribution in [2.24, 2.45) is 0 Å². The number of aryl methyl sites for hydroxylation is 1. The monoisotopic (exact) mass is 400 g/mol. The van der Waals surface area contributed by atoms with Crippen LogP contribution in [0.3, 0.4) is 0 Å². The van der Waals surface area contributed by atoms with Crippen molar-refractivity contribution in [3.8, 4) is 17.6 Å². The molecule has 0 radical (unpaired) electrons. The van der Waals surface area contributed by atoms with Crippen LogP contribution in [0.15, 0.2) is 23.8 Å². The zero-order chi connectivity index (χ0) is 20.4. The van der Waals surface area contributed by atoms with Crippen molar-refractivity contribution in [2.75, 3.05) is 19.0 Å². The summed E-state index contributed by atoms with van der Waals surface area (Å²) in [5, 5.41) is 20.7. The largest absolute Gasteiger partial charge is 0.493 e. The minimum atomic E-state index is -0.533. The van der Waals surface area contributed by atoms with Gasteiger partial charge in [-0.05, 0) is 37.1 Å². The molecule has 0 saturated heterocycles. The zero-order valence-corrected chi connectivity index (χ0v) is 17.1. The topological polar surface area (TPSA) is 97.1 Å². The lowest BCUT2D eigenvalue weighted by Crippen LogP contribution is -2.13. The summed E-state index contributed by atoms with van der Waals surface area (Å²) in [6.07, 6.45) is 5.99. The van der Waals surface area contributed by atoms with E-state index < -0.39 is 5.91 Å². The van der Waals surface area contributed by atoms with E-state index in [-0.39, 0.29) is 5.57 Å². The molecule has 148 valence electrons. The Hall–Kier alpha value is -2.92. The molecule has 1 aromatic carbocycles. The third-order valence-electron chi connectivity index (χ3n) is 3.87. The van der Waals surface area contributed by atoms with Crippen LogP contribution in [0.2, 0.25) is 0 Å². The van der Waals surface area contributed by atoms with Gasteiger partial charge in [0.2, 0.25) is 5.13 Å². The fourth-order valence-electron chi connectivity index (χ4n) is 2.43. The molecular weight excluding hydrogens is 376 g/mol. The highest BCUT2D eigenvalue weighted by Crippen LogP contribution is 2.29. The molecule has 0 aliphatic rings. The smallest absolute Gasteiger partial charge is 0.268 e. The molecule has 0 spiro atoms. The van der Waals surface area contributed by atoms with Crippen LogP contribution in [0.4, 0.5) is 5.13 Å². The zero-order valence-electron chi connectivity index (χ0n) is 16.3. The Kier molecular flexibility index (Phi) is 8.43. The van der Waals surface area contributed by atoms with Gasteiger partial charge in [-0.25, -0.2) is 0 Å². The number of carbonyl (C=O) groups is 1. The molecule has 7 nitrogen and oxygen atoms in total. The Morgan fingerprint density at radius 3 is 2.75 bits per heavy atom. The second-order valence-electron chi connectivity index (χ2n) is 6.07. The van der Waals surface area contributed by atoms with Crippen LogP contribution < -0.4 is 14.8 Å². The van der Waals surface area contributed by atoms with E-state index in [0.29, 0.717) is 28.8 Å². The maximum atomic E-state index is 12.3. The van der Waals surface area contributed by atoms with Crippen LogP contribution >= 0.6 is 11.3 Å². The molecule has 0 aliphatic heterocycles. The number of nitrogens with zero attached hydrogens (tertiary/aromatic N) is 3. The van der Waals surface area contributed by atoms with Crippen molar-refractivity contribution >= 4 is 28.5 Å². The number of nitrogens with one attached hydrogen (secondary N) is 1. The number of nitriles is 1. The first-order valence-electron chi connectivity index (χ1n) is 9.11. The quantitative estimate of drug-likeness (QED) is 0.361. The molecule has 1 amide bonds. The summed E-state index contributed by atoms with van der Waals surface area (Å²) >= 11 is 1.24. The van der Waals surface area contributed by atoms with Gasteiger partial charge in [0.05, 0.1) is 13.7 Å². The van der Waals surface area contributed by atoms with Gasteiger partial charge in [0.15, 0.2) is 11.5 Å². The number of hydrogen-bond donors (Lipinski definition) is 1. The van der Waals surface area contributed by atoms with Crippen molar-refractivity contribution in [1.29, 1.82) is 5.26 Å². The summed E-state index contributed by atoms with van der Waals surface area (Å²) in [6, 6.07) is 7.22. The van der Waals surface area contributed by atoms with Crippen molar-refractivity contribution in [2.45, 2.75) is 39.5 Å². The standard InChI is InChI=1S/C20H24N4O3S/c1-4-5-6-7-10-27-17-9-8-15(12-18(17)26-3)11-16(13-21)19(25)22-20-24-23-14(2)28-20/h8-9,11-12H,4-7,10H2,1-3H3,(H,22,24,25). The fourth-order valence-corrected chi connectivity index (χ4v) is 3.02. The average Bonchev–Trinajstić information content (AvgIpc) is 3.10. The maximum Gasteiger partial charge on any atom is 0.268 e. The number of unbranched alkanes of at least 4 members (excludes halogenated alkanes) is 3. The van der Waals surface area contributed by atoms with Crippen LogP contribution in [0.25, 0.3) is 6.08 Å². The molecule has 1 heterocycles. The lowest BCUT2D eigenvalue weighted by atomic mass is 10.1. The highest BCUT2D eigenvalue weighted by Gasteiger charge is 2.13. The number of carbonyl (C=O) groups excluding carboxylic acids is 1. The van der Waals surface area contributed by atoms with E-state index in [4.69, 9.17) is 9.47 Å². The maximum absolute atomic E-state index is 12.3. The Labute approximate surface area is 169 Å². The summed E-state index contributed by atoms with van der Waals surface area (Å²) in [6.45, 7) is 4.58. The third-order valence-corrected chi connectivity index (χ3v) is 4.62. The first kappa shape index (κ1) is 21.4. The molecule has 0 saturated carbocycles. The van der Waals surface area contributed by atoms with Crippen molar-refractivity contribution < 1.29 is 14.3 Å². The number of aromatic nitrogens is 2. The van der Waals surface area contributed by atoms with Gasteiger partial charge in [0.1, 0.15) is 16.6 Å². The first-order chi connectivity index (χ1) is 13.6. The normalized spacial score (nSPS) is 11.0. The van der Waals surface area contributed by atoms with E-state index in [1.165, 1.54) is 30.3 Å². The SMILES string of the molecule is CCCCCCOc1ccc(C=C(C#N)C(=O)Nc2nnc(C)s2)cc1OC. The average molecular weight is 401 g/mol. The van der Waals surface area contributed by atoms with Gasteiger partial charge in [-0.3, -0.25) is 10.1 Å². The Morgan fingerprint density at radius 2 is 2.11 bits per heavy atom. The molecule has 0 unspecified atom stereocenters. The Bertz CT molecular complexity index is 871. The van der Waals surface area contributed by atoms with E-state index in [2.05, 4.69) is 22.4 Å². The number of hydrogen-bond acceptors (Lipinski definition) is 7. The number of methoxy groups -OCH3 is 1. The number of amides is 1. The summed E-state index contributed by atoms with van der Waals surface area (Å²) < 4.78 is 11.2. The number of rotatable bonds is 10. The molecule has 0 bridgehead atoms. The van der Waals surface area contributed by atoms with E-state index in [0.717, 1.165) is 17.8 Å². The Balaban J connectivity index is 2.07. The van der Waals surface area contributed by atoms with Crippen LogP contribution in [0.1, 0.15) is 43.2 Å². The van der Waals surface area contributed by atoms with Crippen LogP contribution in [-0.2, 0) is 4.79 Å². The van der Waals surface area contributed by atoms with Crippen molar-refractivity contribution in [3.63, 3.8) is 0 Å². The predicted octanol–water partition coefficient (Wildman–Crippen LogP) is 4.36. The van der Waals surface area contributed by atoms with E-state index >= 15 is 0 Å². The van der Waals surface area contributed by atoms with E-state index in [1.54, 1.807) is 32.2 Å². The summed E-state index contributed by atoms with van der Waals surface area (Å²) in [5.74, 6) is 0.666. The van der Waals surface area contributed by atoms with Gasteiger partial charge in [-0.15, -0.1) is 10.2 Å². The van der Waals surface area contributed by atoms with Gasteiger partial charge in [-0.2, -0.15) is 5.26 Å². The molecule has 1 aromatic heterocycles. The molecule has 28 heavy (non-hydrogen) atoms. The third kappa shape index (κ3) is 6.35. The van der Waals surface area contributed by atoms with E-state index in [1.807, 2.05) is 6.07 Å². The molecule has 2 rings (SSSR count). The number of benzene rings is 1. The minimum Gasteiger partial charge on any atom is -0.493 e. The van der Waals surface area contributed by atoms with E-state index in [9.17, 15) is 10.1 Å². The first-order valence-corrected chi connectivity index (χ1v) is 9.93. The lowest BCUT2D eigenvalue weighted by molar-refractivity contribution is -0.112. The predicted molar refractivity (Wildman–Crippen MR) is 109 cm³/mol. The second kappa shape index (κ2) is 11.0. The molecular formula is C20H24N4O3S. The molecule has 0 atom stereocenters. The van der Waals surface area contributed by atoms with Crippen molar-refractivity contribution in [1.82, 2.24) is 10.2 Å². The fraction of sp³-hybridized carbons (Fsp3) is 0.400. The highest BCUT2D eigenvalue weighted by atomic mass is 32.1. The number of anilines is 1. The summed E-state index contributed by atoms with van der Waals surface area (Å²) in [5.41, 5.74) is 0.624. The highest BCUT2D eigenvalue weighted by molar-refractivity contribution is 7.15. The summed E-state index contributed by atoms with van der Waals surface area (Å²) in [4.78, 5) is 12.3. The summed E-state index contributed by atoms with van der Waals surface area (Å²) in [7, 11) is 1.56. The van der Waals surface area contributed by atoms with Gasteiger partial charge in [0.25, 0.3) is 5.91 Å². The van der Waals surface area contributed by atoms with Crippen LogP contribution in [0.5, 0.6) is 11.5 Å². The Morgan fingerprint density at radius 1 is 1.29 bits per heavy atom. The molecule has 1 N–H and O–H groups in total.